The maximum atomic E-state index is 12.7. The number of thioether (sulfide) groups is 1. The summed E-state index contributed by atoms with van der Waals surface area (Å²) in [4.78, 5) is 30.3. The minimum absolute atomic E-state index is 0.149. The van der Waals surface area contributed by atoms with E-state index in [1.807, 2.05) is 24.3 Å². The summed E-state index contributed by atoms with van der Waals surface area (Å²) in [5.41, 5.74) is 1.45. The molecule has 0 saturated carbocycles. The molecule has 7 heteroatoms. The van der Waals surface area contributed by atoms with Crippen LogP contribution < -0.4 is 4.74 Å². The lowest BCUT2D eigenvalue weighted by atomic mass is 10.1. The maximum Gasteiger partial charge on any atom is 0.335 e. The van der Waals surface area contributed by atoms with E-state index in [0.717, 1.165) is 11.3 Å². The number of nitrogens with zero attached hydrogens (tertiary/aromatic N) is 2. The molecule has 0 unspecified atom stereocenters. The SMILES string of the molecule is CC(C)COc1ccccc1/C=C1/SC(=Nc2cccc(C(=O)O)c2)N(C)C1=O. The first-order valence-corrected chi connectivity index (χ1v) is 9.98. The Morgan fingerprint density at radius 2 is 2.00 bits per heavy atom. The van der Waals surface area contributed by atoms with E-state index in [-0.39, 0.29) is 11.5 Å². The van der Waals surface area contributed by atoms with Gasteiger partial charge in [0.15, 0.2) is 5.17 Å². The van der Waals surface area contributed by atoms with E-state index in [9.17, 15) is 9.59 Å². The Morgan fingerprint density at radius 3 is 2.72 bits per heavy atom. The molecule has 1 N–H and O–H groups in total. The van der Waals surface area contributed by atoms with E-state index < -0.39 is 5.97 Å². The van der Waals surface area contributed by atoms with Crippen LogP contribution in [0.2, 0.25) is 0 Å². The number of carboxylic acid groups (broad SMARTS) is 1. The van der Waals surface area contributed by atoms with Gasteiger partial charge in [0.05, 0.1) is 22.8 Å². The van der Waals surface area contributed by atoms with E-state index >= 15 is 0 Å². The quantitative estimate of drug-likeness (QED) is 0.701. The predicted molar refractivity (Wildman–Crippen MR) is 116 cm³/mol. The Hall–Kier alpha value is -3.06. The summed E-state index contributed by atoms with van der Waals surface area (Å²) in [6, 6.07) is 13.9. The second-order valence-corrected chi connectivity index (χ2v) is 7.98. The molecule has 0 atom stereocenters. The van der Waals surface area contributed by atoms with Crippen LogP contribution in [0.5, 0.6) is 5.75 Å². The van der Waals surface area contributed by atoms with E-state index in [4.69, 9.17) is 9.84 Å². The van der Waals surface area contributed by atoms with E-state index in [0.29, 0.717) is 28.3 Å². The summed E-state index contributed by atoms with van der Waals surface area (Å²) >= 11 is 1.25. The summed E-state index contributed by atoms with van der Waals surface area (Å²) in [6.07, 6.45) is 1.80. The second-order valence-electron chi connectivity index (χ2n) is 6.97. The highest BCUT2D eigenvalue weighted by atomic mass is 32.2. The number of likely N-dealkylation sites (N-methyl/N-ethyl adjacent to an activating group) is 1. The van der Waals surface area contributed by atoms with Crippen molar-refractivity contribution in [2.75, 3.05) is 13.7 Å². The van der Waals surface area contributed by atoms with Gasteiger partial charge < -0.3 is 9.84 Å². The number of hydrogen-bond acceptors (Lipinski definition) is 5. The van der Waals surface area contributed by atoms with Crippen molar-refractivity contribution < 1.29 is 19.4 Å². The van der Waals surface area contributed by atoms with Crippen molar-refractivity contribution in [1.29, 1.82) is 0 Å². The van der Waals surface area contributed by atoms with Crippen molar-refractivity contribution >= 4 is 40.6 Å². The van der Waals surface area contributed by atoms with Gasteiger partial charge in [0.25, 0.3) is 5.91 Å². The number of aromatic carboxylic acids is 1. The fraction of sp³-hybridized carbons (Fsp3) is 0.227. The average molecular weight is 410 g/mol. The highest BCUT2D eigenvalue weighted by Gasteiger charge is 2.30. The lowest BCUT2D eigenvalue weighted by Crippen LogP contribution is -2.23. The van der Waals surface area contributed by atoms with Crippen LogP contribution in [0.3, 0.4) is 0 Å². The first-order chi connectivity index (χ1) is 13.8. The Morgan fingerprint density at radius 1 is 1.24 bits per heavy atom. The van der Waals surface area contributed by atoms with Crippen molar-refractivity contribution in [3.8, 4) is 5.75 Å². The van der Waals surface area contributed by atoms with E-state index in [1.165, 1.54) is 28.8 Å². The lowest BCUT2D eigenvalue weighted by molar-refractivity contribution is -0.121. The maximum absolute atomic E-state index is 12.7. The molecule has 0 aliphatic carbocycles. The van der Waals surface area contributed by atoms with Crippen molar-refractivity contribution in [2.24, 2.45) is 10.9 Å². The van der Waals surface area contributed by atoms with Gasteiger partial charge in [0.1, 0.15) is 5.75 Å². The third kappa shape index (κ3) is 5.06. The molecule has 3 rings (SSSR count). The van der Waals surface area contributed by atoms with Gasteiger partial charge in [-0.3, -0.25) is 9.69 Å². The molecule has 0 radical (unpaired) electrons. The van der Waals surface area contributed by atoms with E-state index in [1.54, 1.807) is 25.3 Å². The minimum Gasteiger partial charge on any atom is -0.493 e. The van der Waals surface area contributed by atoms with Crippen LogP contribution in [0.15, 0.2) is 58.4 Å². The fourth-order valence-electron chi connectivity index (χ4n) is 2.60. The number of carbonyl (C=O) groups is 2. The van der Waals surface area contributed by atoms with Gasteiger partial charge in [-0.2, -0.15) is 0 Å². The number of amidine groups is 1. The van der Waals surface area contributed by atoms with Crippen molar-refractivity contribution in [2.45, 2.75) is 13.8 Å². The zero-order valence-electron chi connectivity index (χ0n) is 16.5. The standard InChI is InChI=1S/C22H22N2O4S/c1-14(2)13-28-18-10-5-4-7-15(18)12-19-20(25)24(3)22(29-19)23-17-9-6-8-16(11-17)21(26)27/h4-12,14H,13H2,1-3H3,(H,26,27)/b19-12+,23-22?. The summed E-state index contributed by atoms with van der Waals surface area (Å²) in [7, 11) is 1.65. The van der Waals surface area contributed by atoms with Crippen molar-refractivity contribution in [3.05, 3.63) is 64.6 Å². The molecule has 2 aromatic rings. The Labute approximate surface area is 173 Å². The number of aliphatic imine (C=N–C) groups is 1. The fourth-order valence-corrected chi connectivity index (χ4v) is 3.58. The molecule has 0 spiro atoms. The molecule has 2 aromatic carbocycles. The second kappa shape index (κ2) is 8.96. The van der Waals surface area contributed by atoms with Crippen LogP contribution >= 0.6 is 11.8 Å². The molecule has 6 nitrogen and oxygen atoms in total. The number of carboxylic acids is 1. The smallest absolute Gasteiger partial charge is 0.335 e. The van der Waals surface area contributed by atoms with Crippen LogP contribution in [0.4, 0.5) is 5.69 Å². The minimum atomic E-state index is -1.02. The number of para-hydroxylation sites is 1. The summed E-state index contributed by atoms with van der Waals surface area (Å²) in [6.45, 7) is 4.75. The molecule has 1 amide bonds. The molecule has 1 aliphatic heterocycles. The number of hydrogen-bond donors (Lipinski definition) is 1. The number of amides is 1. The monoisotopic (exact) mass is 410 g/mol. The van der Waals surface area contributed by atoms with Crippen molar-refractivity contribution in [1.82, 2.24) is 4.90 Å². The number of ether oxygens (including phenoxy) is 1. The zero-order valence-corrected chi connectivity index (χ0v) is 17.3. The Balaban J connectivity index is 1.88. The number of benzene rings is 2. The van der Waals surface area contributed by atoms with Crippen LogP contribution in [0, 0.1) is 5.92 Å². The molecule has 0 aromatic heterocycles. The molecule has 150 valence electrons. The molecular formula is C22H22N2O4S. The molecule has 1 aliphatic rings. The third-order valence-corrected chi connectivity index (χ3v) is 5.16. The van der Waals surface area contributed by atoms with Gasteiger partial charge in [0, 0.05) is 12.6 Å². The summed E-state index contributed by atoms with van der Waals surface area (Å²) in [5.74, 6) is -0.0649. The van der Waals surface area contributed by atoms with E-state index in [2.05, 4.69) is 18.8 Å². The van der Waals surface area contributed by atoms with Crippen molar-refractivity contribution in [3.63, 3.8) is 0 Å². The number of carbonyl (C=O) groups excluding carboxylic acids is 1. The largest absolute Gasteiger partial charge is 0.493 e. The van der Waals surface area contributed by atoms with Gasteiger partial charge in [-0.15, -0.1) is 0 Å². The third-order valence-electron chi connectivity index (χ3n) is 4.10. The molecule has 1 fully saturated rings. The zero-order chi connectivity index (χ0) is 21.0. The average Bonchev–Trinajstić information content (AvgIpc) is 2.95. The first-order valence-electron chi connectivity index (χ1n) is 9.16. The molecule has 1 heterocycles. The Kier molecular flexibility index (Phi) is 6.39. The number of rotatable bonds is 6. The highest BCUT2D eigenvalue weighted by Crippen LogP contribution is 2.34. The van der Waals surface area contributed by atoms with Gasteiger partial charge in [0.2, 0.25) is 0 Å². The van der Waals surface area contributed by atoms with Crippen LogP contribution in [0.25, 0.3) is 6.08 Å². The lowest BCUT2D eigenvalue weighted by Gasteiger charge is -2.11. The molecule has 0 bridgehead atoms. The van der Waals surface area contributed by atoms with Gasteiger partial charge in [-0.1, -0.05) is 38.1 Å². The van der Waals surface area contributed by atoms with Crippen LogP contribution in [-0.2, 0) is 4.79 Å². The molecular weight excluding hydrogens is 388 g/mol. The normalized spacial score (nSPS) is 16.8. The molecule has 1 saturated heterocycles. The van der Waals surface area contributed by atoms with Crippen LogP contribution in [-0.4, -0.2) is 40.7 Å². The highest BCUT2D eigenvalue weighted by molar-refractivity contribution is 8.18. The summed E-state index contributed by atoms with van der Waals surface area (Å²) < 4.78 is 5.86. The first kappa shape index (κ1) is 20.7. The van der Waals surface area contributed by atoms with Gasteiger partial charge >= 0.3 is 5.97 Å². The van der Waals surface area contributed by atoms with Gasteiger partial charge in [-0.25, -0.2) is 9.79 Å². The Bertz CT molecular complexity index is 998. The van der Waals surface area contributed by atoms with Crippen LogP contribution in [0.1, 0.15) is 29.8 Å². The topological polar surface area (TPSA) is 79.2 Å². The predicted octanol–water partition coefficient (Wildman–Crippen LogP) is 4.65. The summed E-state index contributed by atoms with van der Waals surface area (Å²) in [5, 5.41) is 9.63. The van der Waals surface area contributed by atoms with Gasteiger partial charge in [-0.05, 0) is 48.0 Å². The molecule has 29 heavy (non-hydrogen) atoms.